The summed E-state index contributed by atoms with van der Waals surface area (Å²) < 4.78 is 18.3. The van der Waals surface area contributed by atoms with Crippen molar-refractivity contribution in [2.75, 3.05) is 39.7 Å². The Hall–Kier alpha value is -5.26. The van der Waals surface area contributed by atoms with Gasteiger partial charge in [-0.2, -0.15) is 4.68 Å². The molecule has 0 aliphatic heterocycles. The highest BCUT2D eigenvalue weighted by Gasteiger charge is 2.23. The van der Waals surface area contributed by atoms with Crippen molar-refractivity contribution in [1.29, 1.82) is 5.41 Å². The molecule has 1 amide bonds. The number of H-pyrrole nitrogens is 1. The maximum absolute atomic E-state index is 13.1. The minimum atomic E-state index is -0.640. The van der Waals surface area contributed by atoms with Gasteiger partial charge in [0.05, 0.1) is 13.7 Å². The number of para-hydroxylation sites is 2. The van der Waals surface area contributed by atoms with E-state index in [0.717, 1.165) is 0 Å². The van der Waals surface area contributed by atoms with Crippen LogP contribution in [0, 0.1) is 5.41 Å². The number of benzene rings is 3. The van der Waals surface area contributed by atoms with Gasteiger partial charge in [-0.15, -0.1) is 5.10 Å². The summed E-state index contributed by atoms with van der Waals surface area (Å²) in [6.45, 7) is 2.07. The van der Waals surface area contributed by atoms with Crippen molar-refractivity contribution in [3.05, 3.63) is 94.2 Å². The van der Waals surface area contributed by atoms with E-state index in [2.05, 4.69) is 15.4 Å². The fraction of sp³-hybridized carbons (Fsp3) is 0.241. The van der Waals surface area contributed by atoms with Gasteiger partial charge in [0.1, 0.15) is 23.3 Å². The summed E-state index contributed by atoms with van der Waals surface area (Å²) in [5.41, 5.74) is 7.63. The van der Waals surface area contributed by atoms with Crippen molar-refractivity contribution in [2.24, 2.45) is 5.73 Å². The number of anilines is 1. The summed E-state index contributed by atoms with van der Waals surface area (Å²) in [4.78, 5) is 29.5. The lowest BCUT2D eigenvalue weighted by Gasteiger charge is -2.21. The van der Waals surface area contributed by atoms with E-state index in [0.29, 0.717) is 52.2 Å². The van der Waals surface area contributed by atoms with Crippen LogP contribution in [0.15, 0.2) is 71.5 Å². The third kappa shape index (κ3) is 6.67. The molecule has 4 rings (SSSR count). The van der Waals surface area contributed by atoms with Crippen molar-refractivity contribution in [3.63, 3.8) is 0 Å². The second-order valence-electron chi connectivity index (χ2n) is 9.18. The quantitative estimate of drug-likeness (QED) is 0.152. The van der Waals surface area contributed by atoms with Crippen molar-refractivity contribution in [3.8, 4) is 22.9 Å². The van der Waals surface area contributed by atoms with Crippen molar-refractivity contribution >= 4 is 17.4 Å². The number of nitrogens with one attached hydrogen (secondary N) is 3. The maximum Gasteiger partial charge on any atom is 0.348 e. The van der Waals surface area contributed by atoms with Gasteiger partial charge in [0.25, 0.3) is 5.91 Å². The summed E-state index contributed by atoms with van der Waals surface area (Å²) in [6, 6.07) is 18.8. The average Bonchev–Trinajstić information content (AvgIpc) is 3.36. The molecule has 12 nitrogen and oxygen atoms in total. The fourth-order valence-corrected chi connectivity index (χ4v) is 4.02. The predicted octanol–water partition coefficient (Wildman–Crippen LogP) is 2.92. The van der Waals surface area contributed by atoms with Gasteiger partial charge in [0.2, 0.25) is 0 Å². The largest absolute Gasteiger partial charge is 0.494 e. The number of hydrogen-bond donors (Lipinski definition) is 4. The molecule has 1 aromatic heterocycles. The van der Waals surface area contributed by atoms with Crippen LogP contribution < -0.4 is 31.0 Å². The molecule has 0 bridgehead atoms. The Labute approximate surface area is 237 Å². The fourth-order valence-electron chi connectivity index (χ4n) is 4.02. The van der Waals surface area contributed by atoms with Gasteiger partial charge in [-0.25, -0.2) is 4.79 Å². The summed E-state index contributed by atoms with van der Waals surface area (Å²) >= 11 is 0. The van der Waals surface area contributed by atoms with Crippen LogP contribution in [0.4, 0.5) is 5.69 Å². The minimum absolute atomic E-state index is 0.0438. The molecule has 1 unspecified atom stereocenters. The number of nitrogens with two attached hydrogens (primary N) is 1. The Morgan fingerprint density at radius 3 is 2.46 bits per heavy atom. The molecule has 1 atom stereocenters. The van der Waals surface area contributed by atoms with Crippen molar-refractivity contribution in [2.45, 2.75) is 13.0 Å². The molecule has 12 heteroatoms. The van der Waals surface area contributed by atoms with Gasteiger partial charge >= 0.3 is 5.69 Å². The third-order valence-corrected chi connectivity index (χ3v) is 6.18. The van der Waals surface area contributed by atoms with Crippen LogP contribution in [-0.4, -0.2) is 65.8 Å². The third-order valence-electron chi connectivity index (χ3n) is 6.18. The monoisotopic (exact) mass is 559 g/mol. The number of hydrogen-bond acceptors (Lipinski definition) is 8. The summed E-state index contributed by atoms with van der Waals surface area (Å²) in [6.07, 6.45) is 0. The Bertz CT molecular complexity index is 1580. The van der Waals surface area contributed by atoms with E-state index in [-0.39, 0.29) is 18.3 Å². The molecule has 4 aromatic rings. The lowest BCUT2D eigenvalue weighted by molar-refractivity contribution is -0.130. The molecule has 0 aliphatic rings. The number of amides is 1. The predicted molar refractivity (Wildman–Crippen MR) is 155 cm³/mol. The van der Waals surface area contributed by atoms with Crippen LogP contribution in [0.25, 0.3) is 5.69 Å². The van der Waals surface area contributed by atoms with Gasteiger partial charge in [0.15, 0.2) is 23.9 Å². The van der Waals surface area contributed by atoms with E-state index < -0.39 is 11.7 Å². The minimum Gasteiger partial charge on any atom is -0.494 e. The number of nitrogen functional groups attached to an aromatic ring is 1. The van der Waals surface area contributed by atoms with Gasteiger partial charge in [-0.1, -0.05) is 18.2 Å². The van der Waals surface area contributed by atoms with E-state index in [1.54, 1.807) is 80.8 Å². The molecular formula is C29H33N7O5. The highest BCUT2D eigenvalue weighted by Crippen LogP contribution is 2.34. The molecule has 0 aliphatic carbocycles. The smallest absolute Gasteiger partial charge is 0.348 e. The second-order valence-corrected chi connectivity index (χ2v) is 9.18. The van der Waals surface area contributed by atoms with Crippen LogP contribution in [0.3, 0.4) is 0 Å². The first-order valence-electron chi connectivity index (χ1n) is 12.8. The molecule has 0 spiro atoms. The zero-order valence-electron chi connectivity index (χ0n) is 23.3. The molecule has 0 saturated carbocycles. The first-order valence-corrected chi connectivity index (χ1v) is 12.8. The molecular weight excluding hydrogens is 526 g/mol. The maximum atomic E-state index is 13.1. The van der Waals surface area contributed by atoms with Crippen LogP contribution >= 0.6 is 0 Å². The lowest BCUT2D eigenvalue weighted by Crippen LogP contribution is -2.27. The van der Waals surface area contributed by atoms with E-state index in [4.69, 9.17) is 25.4 Å². The molecule has 214 valence electrons. The molecule has 3 aromatic carbocycles. The topological polar surface area (TPSA) is 161 Å². The summed E-state index contributed by atoms with van der Waals surface area (Å²) in [5.74, 6) is 1.42. The van der Waals surface area contributed by atoms with Crippen LogP contribution in [0.2, 0.25) is 0 Å². The van der Waals surface area contributed by atoms with Gasteiger partial charge in [0, 0.05) is 25.3 Å². The van der Waals surface area contributed by atoms with Crippen molar-refractivity contribution in [1.82, 2.24) is 19.7 Å². The number of amidine groups is 1. The number of aromatic amines is 1. The van der Waals surface area contributed by atoms with Crippen molar-refractivity contribution < 1.29 is 19.0 Å². The molecule has 0 radical (unpaired) electrons. The zero-order chi connectivity index (χ0) is 29.5. The lowest BCUT2D eigenvalue weighted by atomic mass is 10.0. The highest BCUT2D eigenvalue weighted by atomic mass is 16.5. The average molecular weight is 560 g/mol. The number of aromatic nitrogens is 3. The van der Waals surface area contributed by atoms with Crippen LogP contribution in [0.5, 0.6) is 17.2 Å². The van der Waals surface area contributed by atoms with Gasteiger partial charge in [-0.3, -0.25) is 15.2 Å². The van der Waals surface area contributed by atoms with E-state index in [1.807, 2.05) is 6.92 Å². The highest BCUT2D eigenvalue weighted by molar-refractivity contribution is 5.95. The number of nitrogens with zero attached hydrogens (tertiary/aromatic N) is 3. The van der Waals surface area contributed by atoms with E-state index in [1.165, 1.54) is 16.7 Å². The Morgan fingerprint density at radius 2 is 1.80 bits per heavy atom. The molecule has 5 N–H and O–H groups in total. The van der Waals surface area contributed by atoms with Crippen LogP contribution in [0.1, 0.15) is 29.9 Å². The normalized spacial score (nSPS) is 11.4. The Morgan fingerprint density at radius 1 is 1.07 bits per heavy atom. The van der Waals surface area contributed by atoms with Crippen LogP contribution in [-0.2, 0) is 4.79 Å². The summed E-state index contributed by atoms with van der Waals surface area (Å²) in [7, 11) is 4.84. The second kappa shape index (κ2) is 12.7. The first-order chi connectivity index (χ1) is 19.7. The molecule has 0 fully saturated rings. The number of rotatable bonds is 12. The first kappa shape index (κ1) is 28.7. The molecule has 1 heterocycles. The Balaban J connectivity index is 1.77. The van der Waals surface area contributed by atoms with E-state index >= 15 is 0 Å². The number of carbonyl (C=O) groups is 1. The molecule has 41 heavy (non-hydrogen) atoms. The number of carbonyl (C=O) groups excluding carboxylic acids is 1. The van der Waals surface area contributed by atoms with Gasteiger partial charge < -0.3 is 30.2 Å². The Kier molecular flexibility index (Phi) is 8.92. The standard InChI is InChI=1S/C29H33N7O5/c1-5-40-24-16-19(12-15-23(24)41-17-25(37)35(2)3)26(32-20-13-10-18(11-14-20)27(30)31)28-33-29(38)36(34-28)21-8-6-7-9-22(21)39-4/h6-16,26,32H,5,17H2,1-4H3,(H3,30,31)(H,33,34,38). The molecule has 0 saturated heterocycles. The number of ether oxygens (including phenoxy) is 3. The SMILES string of the molecule is CCOc1cc(C(Nc2ccc(C(=N)N)cc2)c2nn(-c3ccccc3OC)c(=O)[nH]2)ccc1OCC(=O)N(C)C. The van der Waals surface area contributed by atoms with E-state index in [9.17, 15) is 9.59 Å². The number of methoxy groups -OCH3 is 1. The number of likely N-dealkylation sites (N-methyl/N-ethyl adjacent to an activating group) is 1. The summed E-state index contributed by atoms with van der Waals surface area (Å²) in [5, 5.41) is 15.7. The zero-order valence-corrected chi connectivity index (χ0v) is 23.3. The van der Waals surface area contributed by atoms with Gasteiger partial charge in [-0.05, 0) is 61.0 Å².